The molecule has 0 saturated heterocycles. The van der Waals surface area contributed by atoms with Gasteiger partial charge in [-0.1, -0.05) is 47.6 Å². The van der Waals surface area contributed by atoms with Crippen LogP contribution in [0.15, 0.2) is 59.7 Å². The summed E-state index contributed by atoms with van der Waals surface area (Å²) in [5, 5.41) is 5.99. The molecule has 102 valence electrons. The number of nitrogen functional groups attached to an aromatic ring is 1. The summed E-state index contributed by atoms with van der Waals surface area (Å²) in [6, 6.07) is 18.1. The van der Waals surface area contributed by atoms with E-state index in [0.29, 0.717) is 11.4 Å². The molecule has 4 nitrogen and oxygen atoms in total. The van der Waals surface area contributed by atoms with Crippen molar-refractivity contribution >= 4 is 22.1 Å². The fraction of sp³-hybridized carbons (Fsp3) is 0.0588. The van der Waals surface area contributed by atoms with E-state index in [1.165, 1.54) is 10.8 Å². The van der Waals surface area contributed by atoms with E-state index in [2.05, 4.69) is 34.3 Å². The smallest absolute Gasteiger partial charge is 0.0607 e. The molecule has 0 radical (unpaired) electrons. The molecular weight excluding hydrogens is 260 g/mol. The molecule has 0 saturated carbocycles. The molecular formula is C17H14N4. The number of nitrogens with zero attached hydrogens (tertiary/aromatic N) is 3. The molecule has 3 aromatic carbocycles. The summed E-state index contributed by atoms with van der Waals surface area (Å²) in [6.07, 6.45) is 0. The van der Waals surface area contributed by atoms with Crippen LogP contribution in [-0.2, 0) is 0 Å². The van der Waals surface area contributed by atoms with Crippen molar-refractivity contribution in [3.8, 4) is 11.1 Å². The lowest BCUT2D eigenvalue weighted by atomic mass is 9.94. The molecule has 0 aliphatic rings. The Hall–Kier alpha value is -2.97. The predicted molar refractivity (Wildman–Crippen MR) is 87.3 cm³/mol. The molecule has 0 aliphatic heterocycles. The van der Waals surface area contributed by atoms with Crippen molar-refractivity contribution in [2.24, 2.45) is 5.11 Å². The van der Waals surface area contributed by atoms with Gasteiger partial charge in [0.15, 0.2) is 0 Å². The molecule has 2 N–H and O–H groups in total. The minimum Gasteiger partial charge on any atom is -0.398 e. The molecule has 0 bridgehead atoms. The lowest BCUT2D eigenvalue weighted by Gasteiger charge is -2.12. The molecule has 0 atom stereocenters. The van der Waals surface area contributed by atoms with Crippen LogP contribution in [0.25, 0.3) is 32.3 Å². The van der Waals surface area contributed by atoms with Crippen molar-refractivity contribution in [3.05, 3.63) is 70.6 Å². The molecule has 4 heteroatoms. The van der Waals surface area contributed by atoms with E-state index >= 15 is 0 Å². The van der Waals surface area contributed by atoms with Gasteiger partial charge in [0, 0.05) is 10.6 Å². The van der Waals surface area contributed by atoms with Gasteiger partial charge >= 0.3 is 0 Å². The van der Waals surface area contributed by atoms with Crippen molar-refractivity contribution in [2.45, 2.75) is 6.92 Å². The van der Waals surface area contributed by atoms with Gasteiger partial charge in [-0.05, 0) is 52.1 Å². The fourth-order valence-corrected chi connectivity index (χ4v) is 2.59. The van der Waals surface area contributed by atoms with Gasteiger partial charge in [-0.15, -0.1) is 0 Å². The number of hydrogen-bond acceptors (Lipinski definition) is 2. The Morgan fingerprint density at radius 3 is 2.57 bits per heavy atom. The Morgan fingerprint density at radius 1 is 1.00 bits per heavy atom. The Balaban J connectivity index is 2.28. The topological polar surface area (TPSA) is 74.8 Å². The molecule has 0 aromatic heterocycles. The molecule has 0 fully saturated rings. The third-order valence-corrected chi connectivity index (χ3v) is 3.61. The standard InChI is InChI=1S/C17H14N4/c1-11-9-17(20-21-19)16(18)10-15(11)14-8-4-6-12-5-2-3-7-13(12)14/h2-10H,18H2,1H3. The largest absolute Gasteiger partial charge is 0.398 e. The highest BCUT2D eigenvalue weighted by Gasteiger charge is 2.09. The van der Waals surface area contributed by atoms with Crippen molar-refractivity contribution in [2.75, 3.05) is 5.73 Å². The second-order valence-electron chi connectivity index (χ2n) is 4.94. The first-order valence-corrected chi connectivity index (χ1v) is 6.64. The summed E-state index contributed by atoms with van der Waals surface area (Å²) in [6.45, 7) is 1.99. The number of rotatable bonds is 2. The zero-order chi connectivity index (χ0) is 14.8. The lowest BCUT2D eigenvalue weighted by Crippen LogP contribution is -1.91. The summed E-state index contributed by atoms with van der Waals surface area (Å²) in [7, 11) is 0. The van der Waals surface area contributed by atoms with Crippen LogP contribution in [0.5, 0.6) is 0 Å². The maximum Gasteiger partial charge on any atom is 0.0607 e. The Labute approximate surface area is 122 Å². The number of fused-ring (bicyclic) bond motifs is 1. The number of anilines is 1. The second-order valence-corrected chi connectivity index (χ2v) is 4.94. The first kappa shape index (κ1) is 13.0. The third kappa shape index (κ3) is 2.29. The van der Waals surface area contributed by atoms with Crippen LogP contribution in [0.1, 0.15) is 5.56 Å². The fourth-order valence-electron chi connectivity index (χ4n) is 2.59. The summed E-state index contributed by atoms with van der Waals surface area (Å²) >= 11 is 0. The highest BCUT2D eigenvalue weighted by Crippen LogP contribution is 2.35. The SMILES string of the molecule is Cc1cc(N=[N+]=[N-])c(N)cc1-c1cccc2ccccc12. The number of benzene rings is 3. The maximum atomic E-state index is 8.57. The van der Waals surface area contributed by atoms with Gasteiger partial charge in [0.05, 0.1) is 5.69 Å². The van der Waals surface area contributed by atoms with Gasteiger partial charge in [0.25, 0.3) is 0 Å². The second kappa shape index (κ2) is 5.19. The van der Waals surface area contributed by atoms with E-state index in [-0.39, 0.29) is 0 Å². The van der Waals surface area contributed by atoms with E-state index < -0.39 is 0 Å². The molecule has 0 aliphatic carbocycles. The zero-order valence-corrected chi connectivity index (χ0v) is 11.6. The Kier molecular flexibility index (Phi) is 3.22. The Bertz CT molecular complexity index is 872. The van der Waals surface area contributed by atoms with Crippen LogP contribution in [0, 0.1) is 6.92 Å². The molecule has 3 rings (SSSR count). The van der Waals surface area contributed by atoms with Crippen LogP contribution < -0.4 is 5.73 Å². The van der Waals surface area contributed by atoms with Gasteiger partial charge in [0.2, 0.25) is 0 Å². The van der Waals surface area contributed by atoms with Crippen LogP contribution in [-0.4, -0.2) is 0 Å². The van der Waals surface area contributed by atoms with Crippen LogP contribution in [0.3, 0.4) is 0 Å². The predicted octanol–water partition coefficient (Wildman–Crippen LogP) is 5.34. The van der Waals surface area contributed by atoms with E-state index in [4.69, 9.17) is 11.3 Å². The van der Waals surface area contributed by atoms with Crippen LogP contribution in [0.2, 0.25) is 0 Å². The van der Waals surface area contributed by atoms with Crippen molar-refractivity contribution in [3.63, 3.8) is 0 Å². The average Bonchev–Trinajstić information content (AvgIpc) is 2.50. The van der Waals surface area contributed by atoms with E-state index in [1.807, 2.05) is 37.3 Å². The number of azide groups is 1. The first-order chi connectivity index (χ1) is 10.2. The van der Waals surface area contributed by atoms with Gasteiger partial charge in [-0.3, -0.25) is 0 Å². The van der Waals surface area contributed by atoms with Crippen LogP contribution >= 0.6 is 0 Å². The highest BCUT2D eigenvalue weighted by atomic mass is 15.1. The Morgan fingerprint density at radius 2 is 1.76 bits per heavy atom. The number of nitrogens with two attached hydrogens (primary N) is 1. The monoisotopic (exact) mass is 274 g/mol. The minimum atomic E-state index is 0.471. The van der Waals surface area contributed by atoms with Crippen LogP contribution in [0.4, 0.5) is 11.4 Å². The molecule has 0 heterocycles. The number of hydrogen-bond donors (Lipinski definition) is 1. The molecule has 3 aromatic rings. The third-order valence-electron chi connectivity index (χ3n) is 3.61. The summed E-state index contributed by atoms with van der Waals surface area (Å²) in [5.41, 5.74) is 18.7. The minimum absolute atomic E-state index is 0.471. The van der Waals surface area contributed by atoms with Crippen molar-refractivity contribution in [1.29, 1.82) is 0 Å². The van der Waals surface area contributed by atoms with Crippen molar-refractivity contribution < 1.29 is 0 Å². The van der Waals surface area contributed by atoms with Gasteiger partial charge < -0.3 is 5.73 Å². The van der Waals surface area contributed by atoms with Gasteiger partial charge in [0.1, 0.15) is 0 Å². The zero-order valence-electron chi connectivity index (χ0n) is 11.6. The molecule has 21 heavy (non-hydrogen) atoms. The van der Waals surface area contributed by atoms with Crippen molar-refractivity contribution in [1.82, 2.24) is 0 Å². The highest BCUT2D eigenvalue weighted by molar-refractivity contribution is 5.98. The van der Waals surface area contributed by atoms with Gasteiger partial charge in [-0.25, -0.2) is 0 Å². The number of aryl methyl sites for hydroxylation is 1. The van der Waals surface area contributed by atoms with Gasteiger partial charge in [-0.2, -0.15) is 0 Å². The van der Waals surface area contributed by atoms with E-state index in [1.54, 1.807) is 0 Å². The lowest BCUT2D eigenvalue weighted by molar-refractivity contribution is 1.41. The summed E-state index contributed by atoms with van der Waals surface area (Å²) in [4.78, 5) is 2.81. The first-order valence-electron chi connectivity index (χ1n) is 6.64. The molecule has 0 unspecified atom stereocenters. The molecule has 0 amide bonds. The van der Waals surface area contributed by atoms with E-state index in [0.717, 1.165) is 16.7 Å². The maximum absolute atomic E-state index is 8.57. The molecule has 0 spiro atoms. The summed E-state index contributed by atoms with van der Waals surface area (Å²) < 4.78 is 0. The normalized spacial score (nSPS) is 10.3. The quantitative estimate of drug-likeness (QED) is 0.291. The average molecular weight is 274 g/mol. The van der Waals surface area contributed by atoms with E-state index in [9.17, 15) is 0 Å². The summed E-state index contributed by atoms with van der Waals surface area (Å²) in [5.74, 6) is 0.